The number of nitrogens with zero attached hydrogens (tertiary/aromatic N) is 4. The van der Waals surface area contributed by atoms with E-state index in [4.69, 9.17) is 4.74 Å². The van der Waals surface area contributed by atoms with Crippen LogP contribution in [0.3, 0.4) is 0 Å². The van der Waals surface area contributed by atoms with Gasteiger partial charge >= 0.3 is 0 Å². The van der Waals surface area contributed by atoms with Crippen molar-refractivity contribution in [2.45, 2.75) is 13.5 Å². The van der Waals surface area contributed by atoms with Crippen LogP contribution in [0.2, 0.25) is 0 Å². The number of para-hydroxylation sites is 2. The normalized spacial score (nSPS) is 14.1. The molecule has 36 heavy (non-hydrogen) atoms. The van der Waals surface area contributed by atoms with Crippen molar-refractivity contribution >= 4 is 23.1 Å². The second-order valence-electron chi connectivity index (χ2n) is 8.92. The van der Waals surface area contributed by atoms with Gasteiger partial charge in [-0.2, -0.15) is 0 Å². The van der Waals surface area contributed by atoms with Crippen LogP contribution in [0.1, 0.15) is 21.6 Å². The first-order chi connectivity index (χ1) is 17.6. The van der Waals surface area contributed by atoms with Crippen molar-refractivity contribution in [2.75, 3.05) is 38.0 Å². The lowest BCUT2D eigenvalue weighted by Crippen LogP contribution is -2.50. The number of piperazine rings is 1. The third-order valence-electron chi connectivity index (χ3n) is 6.31. The van der Waals surface area contributed by atoms with Gasteiger partial charge in [0.05, 0.1) is 17.8 Å². The summed E-state index contributed by atoms with van der Waals surface area (Å²) in [7, 11) is 0. The van der Waals surface area contributed by atoms with E-state index in [0.717, 1.165) is 22.6 Å². The van der Waals surface area contributed by atoms with Gasteiger partial charge in [0.25, 0.3) is 5.91 Å². The van der Waals surface area contributed by atoms with Crippen LogP contribution >= 0.6 is 0 Å². The van der Waals surface area contributed by atoms with Crippen LogP contribution in [0.25, 0.3) is 5.65 Å². The Balaban J connectivity index is 1.17. The molecule has 4 aromatic rings. The number of hydrogen-bond donors (Lipinski definition) is 1. The Kier molecular flexibility index (Phi) is 6.95. The predicted octanol–water partition coefficient (Wildman–Crippen LogP) is 3.62. The summed E-state index contributed by atoms with van der Waals surface area (Å²) >= 11 is 0. The van der Waals surface area contributed by atoms with Gasteiger partial charge in [-0.3, -0.25) is 14.5 Å². The zero-order chi connectivity index (χ0) is 24.9. The second-order valence-corrected chi connectivity index (χ2v) is 8.92. The number of aryl methyl sites for hydroxylation is 1. The van der Waals surface area contributed by atoms with E-state index in [-0.39, 0.29) is 18.4 Å². The Hall–Kier alpha value is -4.17. The van der Waals surface area contributed by atoms with Crippen molar-refractivity contribution < 1.29 is 14.3 Å². The van der Waals surface area contributed by atoms with Crippen molar-refractivity contribution in [1.29, 1.82) is 0 Å². The molecular weight excluding hydrogens is 454 g/mol. The fourth-order valence-electron chi connectivity index (χ4n) is 4.40. The highest BCUT2D eigenvalue weighted by atomic mass is 16.5. The molecule has 2 aromatic carbocycles. The summed E-state index contributed by atoms with van der Waals surface area (Å²) in [4.78, 5) is 34.2. The number of carbonyl (C=O) groups excluding carboxylic acids is 2. The van der Waals surface area contributed by atoms with Crippen molar-refractivity contribution in [3.63, 3.8) is 0 Å². The number of rotatable bonds is 7. The van der Waals surface area contributed by atoms with E-state index in [0.29, 0.717) is 44.0 Å². The minimum absolute atomic E-state index is 0.0538. The van der Waals surface area contributed by atoms with Crippen LogP contribution in [0.4, 0.5) is 5.69 Å². The highest BCUT2D eigenvalue weighted by Gasteiger charge is 2.25. The van der Waals surface area contributed by atoms with Crippen LogP contribution in [0, 0.1) is 6.92 Å². The average molecular weight is 484 g/mol. The lowest BCUT2D eigenvalue weighted by Gasteiger charge is -2.34. The van der Waals surface area contributed by atoms with E-state index in [9.17, 15) is 9.59 Å². The van der Waals surface area contributed by atoms with Gasteiger partial charge in [-0.1, -0.05) is 36.4 Å². The van der Waals surface area contributed by atoms with Gasteiger partial charge in [-0.05, 0) is 42.8 Å². The quantitative estimate of drug-likeness (QED) is 0.434. The third-order valence-corrected chi connectivity index (χ3v) is 6.31. The molecule has 1 aliphatic rings. The topological polar surface area (TPSA) is 79.2 Å². The van der Waals surface area contributed by atoms with Crippen LogP contribution in [-0.2, 0) is 11.4 Å². The summed E-state index contributed by atoms with van der Waals surface area (Å²) in [5, 5.41) is 2.91. The number of amides is 2. The molecule has 0 bridgehead atoms. The van der Waals surface area contributed by atoms with E-state index < -0.39 is 0 Å². The van der Waals surface area contributed by atoms with Gasteiger partial charge < -0.3 is 19.4 Å². The Morgan fingerprint density at radius 3 is 2.47 bits per heavy atom. The number of aromatic nitrogens is 2. The molecule has 1 N–H and O–H groups in total. The van der Waals surface area contributed by atoms with Crippen LogP contribution in [-0.4, -0.2) is 63.7 Å². The Morgan fingerprint density at radius 1 is 0.944 bits per heavy atom. The highest BCUT2D eigenvalue weighted by Crippen LogP contribution is 2.22. The molecule has 0 radical (unpaired) electrons. The summed E-state index contributed by atoms with van der Waals surface area (Å²) in [6.07, 6.45) is 3.90. The van der Waals surface area contributed by atoms with Crippen molar-refractivity contribution in [3.05, 3.63) is 95.9 Å². The van der Waals surface area contributed by atoms with Gasteiger partial charge in [-0.25, -0.2) is 4.98 Å². The molecule has 1 aliphatic heterocycles. The molecule has 2 aromatic heterocycles. The number of ether oxygens (including phenoxy) is 1. The summed E-state index contributed by atoms with van der Waals surface area (Å²) in [6, 6.07) is 20.8. The summed E-state index contributed by atoms with van der Waals surface area (Å²) in [5.41, 5.74) is 4.11. The Bertz CT molecular complexity index is 1360. The number of hydrogen-bond acceptors (Lipinski definition) is 5. The second kappa shape index (κ2) is 10.6. The van der Waals surface area contributed by atoms with E-state index in [1.807, 2.05) is 89.3 Å². The molecule has 1 fully saturated rings. The number of pyridine rings is 1. The van der Waals surface area contributed by atoms with Crippen molar-refractivity contribution in [1.82, 2.24) is 19.2 Å². The number of fused-ring (bicyclic) bond motifs is 1. The van der Waals surface area contributed by atoms with Gasteiger partial charge in [-0.15, -0.1) is 0 Å². The number of anilines is 1. The average Bonchev–Trinajstić information content (AvgIpc) is 3.33. The van der Waals surface area contributed by atoms with Gasteiger partial charge in [0.1, 0.15) is 18.0 Å². The largest absolute Gasteiger partial charge is 0.486 e. The van der Waals surface area contributed by atoms with E-state index >= 15 is 0 Å². The minimum Gasteiger partial charge on any atom is -0.486 e. The molecule has 184 valence electrons. The molecule has 0 aliphatic carbocycles. The zero-order valence-electron chi connectivity index (χ0n) is 20.3. The molecule has 3 heterocycles. The van der Waals surface area contributed by atoms with Gasteiger partial charge in [0.2, 0.25) is 5.91 Å². The monoisotopic (exact) mass is 483 g/mol. The Labute approximate surface area is 210 Å². The lowest BCUT2D eigenvalue weighted by molar-refractivity contribution is -0.117. The van der Waals surface area contributed by atoms with Crippen LogP contribution in [0.5, 0.6) is 5.75 Å². The van der Waals surface area contributed by atoms with Crippen LogP contribution < -0.4 is 10.1 Å². The predicted molar refractivity (Wildman–Crippen MR) is 138 cm³/mol. The summed E-state index contributed by atoms with van der Waals surface area (Å²) in [6.45, 7) is 4.98. The maximum atomic E-state index is 13.3. The third kappa shape index (κ3) is 5.39. The molecule has 2 amide bonds. The molecular formula is C28H29N5O3. The highest BCUT2D eigenvalue weighted by molar-refractivity contribution is 5.97. The Morgan fingerprint density at radius 2 is 1.69 bits per heavy atom. The summed E-state index contributed by atoms with van der Waals surface area (Å²) < 4.78 is 8.03. The minimum atomic E-state index is -0.0650. The maximum Gasteiger partial charge on any atom is 0.257 e. The standard InChI is InChI=1S/C28H29N5O3/c1-21-8-7-13-33-18-23(30-27(21)33)20-36-25-12-6-5-11-24(25)28(35)32-16-14-31(15-17-32)19-26(34)29-22-9-3-2-4-10-22/h2-13,18H,14-17,19-20H2,1H3,(H,29,34). The maximum absolute atomic E-state index is 13.3. The SMILES string of the molecule is Cc1cccn2cc(COc3ccccc3C(=O)N3CCN(CC(=O)Nc4ccccc4)CC3)nc12. The van der Waals surface area contributed by atoms with Crippen molar-refractivity contribution in [2.24, 2.45) is 0 Å². The first-order valence-electron chi connectivity index (χ1n) is 12.1. The van der Waals surface area contributed by atoms with Crippen LogP contribution in [0.15, 0.2) is 79.1 Å². The number of benzene rings is 2. The summed E-state index contributed by atoms with van der Waals surface area (Å²) in [5.74, 6) is 0.424. The number of imidazole rings is 1. The molecule has 1 saturated heterocycles. The molecule has 0 saturated carbocycles. The smallest absolute Gasteiger partial charge is 0.257 e. The molecule has 5 rings (SSSR count). The molecule has 8 nitrogen and oxygen atoms in total. The zero-order valence-corrected chi connectivity index (χ0v) is 20.3. The fourth-order valence-corrected chi connectivity index (χ4v) is 4.40. The number of nitrogens with one attached hydrogen (secondary N) is 1. The van der Waals surface area contributed by atoms with E-state index in [2.05, 4.69) is 15.2 Å². The first-order valence-corrected chi connectivity index (χ1v) is 12.1. The number of carbonyl (C=O) groups is 2. The fraction of sp³-hybridized carbons (Fsp3) is 0.250. The first kappa shape index (κ1) is 23.6. The van der Waals surface area contributed by atoms with Gasteiger partial charge in [0.15, 0.2) is 0 Å². The molecule has 0 spiro atoms. The molecule has 0 unspecified atom stereocenters. The van der Waals surface area contributed by atoms with E-state index in [1.54, 1.807) is 6.07 Å². The van der Waals surface area contributed by atoms with Crippen molar-refractivity contribution in [3.8, 4) is 5.75 Å². The molecule has 8 heteroatoms. The lowest BCUT2D eigenvalue weighted by atomic mass is 10.1. The van der Waals surface area contributed by atoms with Gasteiger partial charge in [0, 0.05) is 44.3 Å². The molecule has 0 atom stereocenters. The van der Waals surface area contributed by atoms with E-state index in [1.165, 1.54) is 0 Å².